The Morgan fingerprint density at radius 3 is 2.81 bits per heavy atom. The number of rotatable bonds is 3. The highest BCUT2D eigenvalue weighted by atomic mass is 16.5. The molecule has 0 spiro atoms. The molecule has 2 aliphatic carbocycles. The van der Waals surface area contributed by atoms with Crippen molar-refractivity contribution in [3.63, 3.8) is 0 Å². The Bertz CT molecular complexity index is 677. The summed E-state index contributed by atoms with van der Waals surface area (Å²) < 4.78 is 5.97. The van der Waals surface area contributed by atoms with Gasteiger partial charge in [-0.2, -0.15) is 0 Å². The van der Waals surface area contributed by atoms with E-state index in [0.29, 0.717) is 6.61 Å². The lowest BCUT2D eigenvalue weighted by Gasteiger charge is -2.10. The Kier molecular flexibility index (Phi) is 3.19. The van der Waals surface area contributed by atoms with Gasteiger partial charge in [0.1, 0.15) is 12.4 Å². The number of aryl methyl sites for hydroxylation is 3. The molecular weight excluding hydrogens is 258 g/mol. The van der Waals surface area contributed by atoms with Crippen molar-refractivity contribution in [2.45, 2.75) is 44.8 Å². The molecule has 0 bridgehead atoms. The van der Waals surface area contributed by atoms with Gasteiger partial charge in [0.2, 0.25) is 0 Å². The maximum atomic E-state index is 6.07. The lowest BCUT2D eigenvalue weighted by Crippen LogP contribution is -2.05. The second-order valence-corrected chi connectivity index (χ2v) is 6.25. The van der Waals surface area contributed by atoms with Gasteiger partial charge in [0.25, 0.3) is 0 Å². The Hall–Kier alpha value is -1.80. The van der Waals surface area contributed by atoms with E-state index in [2.05, 4.69) is 36.4 Å². The zero-order valence-corrected chi connectivity index (χ0v) is 12.3. The summed E-state index contributed by atoms with van der Waals surface area (Å²) in [7, 11) is 0. The summed E-state index contributed by atoms with van der Waals surface area (Å²) in [6.45, 7) is 0.651. The molecule has 1 atom stereocenters. The second kappa shape index (κ2) is 5.19. The lowest BCUT2D eigenvalue weighted by atomic mass is 10.1. The Balaban J connectivity index is 1.47. The minimum Gasteiger partial charge on any atom is -0.489 e. The fourth-order valence-corrected chi connectivity index (χ4v) is 3.60. The van der Waals surface area contributed by atoms with E-state index in [4.69, 9.17) is 10.5 Å². The van der Waals surface area contributed by atoms with Crippen molar-refractivity contribution in [2.24, 2.45) is 5.73 Å². The first-order chi connectivity index (χ1) is 10.3. The van der Waals surface area contributed by atoms with Crippen molar-refractivity contribution in [1.29, 1.82) is 0 Å². The molecule has 0 radical (unpaired) electrons. The van der Waals surface area contributed by atoms with Crippen LogP contribution in [0.25, 0.3) is 0 Å². The van der Waals surface area contributed by atoms with Crippen LogP contribution in [0.4, 0.5) is 0 Å². The van der Waals surface area contributed by atoms with Crippen LogP contribution in [0.3, 0.4) is 0 Å². The molecule has 4 rings (SSSR count). The normalized spacial score (nSPS) is 19.4. The minimum atomic E-state index is 0.214. The van der Waals surface area contributed by atoms with Crippen LogP contribution in [0.2, 0.25) is 0 Å². The Morgan fingerprint density at radius 2 is 1.86 bits per heavy atom. The predicted molar refractivity (Wildman–Crippen MR) is 84.5 cm³/mol. The predicted octanol–water partition coefficient (Wildman–Crippen LogP) is 3.70. The monoisotopic (exact) mass is 279 g/mol. The van der Waals surface area contributed by atoms with E-state index in [1.54, 1.807) is 0 Å². The summed E-state index contributed by atoms with van der Waals surface area (Å²) in [5.74, 6) is 0.961. The third kappa shape index (κ3) is 2.44. The lowest BCUT2D eigenvalue weighted by molar-refractivity contribution is 0.306. The average Bonchev–Trinajstić information content (AvgIpc) is 3.11. The standard InChI is InChI=1S/C19H21NO/c20-19-9-6-16-11-17(7-8-18(16)19)21-12-13-4-5-14-2-1-3-15(14)10-13/h4-5,7-8,10-11,19H,1-3,6,9,12,20H2. The first-order valence-electron chi connectivity index (χ1n) is 7.91. The van der Waals surface area contributed by atoms with Crippen LogP contribution in [0.1, 0.15) is 46.7 Å². The largest absolute Gasteiger partial charge is 0.489 e. The third-order valence-corrected chi connectivity index (χ3v) is 4.81. The smallest absolute Gasteiger partial charge is 0.120 e. The number of ether oxygens (including phenoxy) is 1. The fourth-order valence-electron chi connectivity index (χ4n) is 3.60. The van der Waals surface area contributed by atoms with E-state index in [9.17, 15) is 0 Å². The summed E-state index contributed by atoms with van der Waals surface area (Å²) in [6.07, 6.45) is 5.89. The number of nitrogens with two attached hydrogens (primary N) is 1. The molecule has 2 nitrogen and oxygen atoms in total. The zero-order valence-electron chi connectivity index (χ0n) is 12.3. The van der Waals surface area contributed by atoms with E-state index in [-0.39, 0.29) is 6.04 Å². The van der Waals surface area contributed by atoms with E-state index < -0.39 is 0 Å². The van der Waals surface area contributed by atoms with Crippen molar-refractivity contribution in [3.8, 4) is 5.75 Å². The quantitative estimate of drug-likeness (QED) is 0.929. The molecule has 2 N–H and O–H groups in total. The summed E-state index contributed by atoms with van der Waals surface area (Å²) in [4.78, 5) is 0. The molecule has 2 aliphatic rings. The van der Waals surface area contributed by atoms with Gasteiger partial charge in [0, 0.05) is 6.04 Å². The van der Waals surface area contributed by atoms with Crippen LogP contribution in [0.5, 0.6) is 5.75 Å². The highest BCUT2D eigenvalue weighted by Gasteiger charge is 2.19. The van der Waals surface area contributed by atoms with E-state index in [1.807, 2.05) is 0 Å². The van der Waals surface area contributed by atoms with Crippen LogP contribution < -0.4 is 10.5 Å². The first-order valence-corrected chi connectivity index (χ1v) is 7.91. The number of hydrogen-bond acceptors (Lipinski definition) is 2. The molecule has 108 valence electrons. The van der Waals surface area contributed by atoms with Gasteiger partial charge in [-0.3, -0.25) is 0 Å². The number of fused-ring (bicyclic) bond motifs is 2. The molecule has 0 saturated heterocycles. The van der Waals surface area contributed by atoms with E-state index in [0.717, 1.165) is 18.6 Å². The van der Waals surface area contributed by atoms with Gasteiger partial charge < -0.3 is 10.5 Å². The maximum Gasteiger partial charge on any atom is 0.120 e. The molecule has 2 aromatic rings. The van der Waals surface area contributed by atoms with Gasteiger partial charge in [0.05, 0.1) is 0 Å². The summed E-state index contributed by atoms with van der Waals surface area (Å²) in [5.41, 5.74) is 13.0. The Morgan fingerprint density at radius 1 is 0.952 bits per heavy atom. The summed E-state index contributed by atoms with van der Waals surface area (Å²) >= 11 is 0. The van der Waals surface area contributed by atoms with Crippen LogP contribution in [-0.2, 0) is 25.9 Å². The van der Waals surface area contributed by atoms with Gasteiger partial charge >= 0.3 is 0 Å². The van der Waals surface area contributed by atoms with Crippen molar-refractivity contribution in [2.75, 3.05) is 0 Å². The van der Waals surface area contributed by atoms with Crippen LogP contribution in [0.15, 0.2) is 36.4 Å². The molecule has 1 unspecified atom stereocenters. The minimum absolute atomic E-state index is 0.214. The summed E-state index contributed by atoms with van der Waals surface area (Å²) in [6, 6.07) is 13.3. The van der Waals surface area contributed by atoms with Gasteiger partial charge in [-0.25, -0.2) is 0 Å². The number of hydrogen-bond donors (Lipinski definition) is 1. The van der Waals surface area contributed by atoms with Gasteiger partial charge in [-0.15, -0.1) is 0 Å². The van der Waals surface area contributed by atoms with Crippen molar-refractivity contribution >= 4 is 0 Å². The fraction of sp³-hybridized carbons (Fsp3) is 0.368. The van der Waals surface area contributed by atoms with E-state index in [1.165, 1.54) is 47.1 Å². The molecule has 0 aromatic heterocycles. The van der Waals surface area contributed by atoms with Crippen LogP contribution in [-0.4, -0.2) is 0 Å². The maximum absolute atomic E-state index is 6.07. The molecule has 0 aliphatic heterocycles. The van der Waals surface area contributed by atoms with Gasteiger partial charge in [-0.1, -0.05) is 24.3 Å². The molecule has 21 heavy (non-hydrogen) atoms. The Labute approximate surface area is 125 Å². The molecule has 2 aromatic carbocycles. The SMILES string of the molecule is NC1CCc2cc(OCc3ccc4c(c3)CCC4)ccc21. The third-order valence-electron chi connectivity index (χ3n) is 4.81. The highest BCUT2D eigenvalue weighted by Crippen LogP contribution is 2.32. The first kappa shape index (κ1) is 12.9. The van der Waals surface area contributed by atoms with E-state index >= 15 is 0 Å². The van der Waals surface area contributed by atoms with Crippen molar-refractivity contribution < 1.29 is 4.74 Å². The average molecular weight is 279 g/mol. The highest BCUT2D eigenvalue weighted by molar-refractivity contribution is 5.41. The number of benzene rings is 2. The topological polar surface area (TPSA) is 35.2 Å². The van der Waals surface area contributed by atoms with Gasteiger partial charge in [-0.05, 0) is 72.1 Å². The molecule has 0 amide bonds. The zero-order chi connectivity index (χ0) is 14.2. The van der Waals surface area contributed by atoms with Gasteiger partial charge in [0.15, 0.2) is 0 Å². The van der Waals surface area contributed by atoms with Crippen molar-refractivity contribution in [1.82, 2.24) is 0 Å². The molecule has 2 heteroatoms. The second-order valence-electron chi connectivity index (χ2n) is 6.25. The molecule has 0 heterocycles. The van der Waals surface area contributed by atoms with Crippen LogP contribution >= 0.6 is 0 Å². The molecule has 0 fully saturated rings. The molecular formula is C19H21NO. The van der Waals surface area contributed by atoms with Crippen LogP contribution in [0, 0.1) is 0 Å². The van der Waals surface area contributed by atoms with Crippen molar-refractivity contribution in [3.05, 3.63) is 64.2 Å². The molecule has 0 saturated carbocycles. The summed E-state index contributed by atoms with van der Waals surface area (Å²) in [5, 5.41) is 0.